The van der Waals surface area contributed by atoms with Crippen molar-refractivity contribution in [2.45, 2.75) is 30.4 Å². The first-order chi connectivity index (χ1) is 10.5. The summed E-state index contributed by atoms with van der Waals surface area (Å²) in [4.78, 5) is 11.8. The Hall–Kier alpha value is -0.670. The maximum Gasteiger partial charge on any atom is 0.250 e. The molecule has 1 amide bonds. The van der Waals surface area contributed by atoms with Gasteiger partial charge in [0, 0.05) is 24.9 Å². The van der Waals surface area contributed by atoms with Crippen LogP contribution in [-0.2, 0) is 21.2 Å². The molecule has 1 atom stereocenters. The van der Waals surface area contributed by atoms with Crippen LogP contribution >= 0.6 is 23.7 Å². The average Bonchev–Trinajstić information content (AvgIpc) is 3.09. The van der Waals surface area contributed by atoms with Crippen LogP contribution in [-0.4, -0.2) is 40.5 Å². The third-order valence-electron chi connectivity index (χ3n) is 3.65. The number of nitrogens with one attached hydrogen (secondary N) is 3. The standard InChI is InChI=1S/C14H23N3O3S2.ClH/c1-11(18)16-8-6-13-2-3-14(21-13)22(19,20)17-9-5-12-4-7-15-10-12;/h2-3,12,15,17H,4-10H2,1H3,(H,16,18);1H. The Bertz CT molecular complexity index is 598. The number of sulfonamides is 1. The lowest BCUT2D eigenvalue weighted by Crippen LogP contribution is -2.26. The van der Waals surface area contributed by atoms with Crippen molar-refractivity contribution in [3.63, 3.8) is 0 Å². The maximum absolute atomic E-state index is 12.2. The Morgan fingerprint density at radius 1 is 1.39 bits per heavy atom. The van der Waals surface area contributed by atoms with Crippen molar-refractivity contribution in [2.75, 3.05) is 26.2 Å². The molecule has 1 unspecified atom stereocenters. The average molecular weight is 382 g/mol. The summed E-state index contributed by atoms with van der Waals surface area (Å²) in [6.07, 6.45) is 2.63. The molecule has 2 rings (SSSR count). The van der Waals surface area contributed by atoms with Crippen molar-refractivity contribution in [1.82, 2.24) is 15.4 Å². The molecule has 0 aromatic carbocycles. The molecule has 6 nitrogen and oxygen atoms in total. The number of rotatable bonds is 8. The summed E-state index contributed by atoms with van der Waals surface area (Å²) in [5.74, 6) is 0.492. The van der Waals surface area contributed by atoms with Gasteiger partial charge in [-0.15, -0.1) is 23.7 Å². The zero-order valence-corrected chi connectivity index (χ0v) is 15.6. The number of halogens is 1. The SMILES string of the molecule is CC(=O)NCCc1ccc(S(=O)(=O)NCCC2CCNC2)s1.Cl. The monoisotopic (exact) mass is 381 g/mol. The molecule has 1 aliphatic rings. The van der Waals surface area contributed by atoms with Gasteiger partial charge in [0.25, 0.3) is 0 Å². The van der Waals surface area contributed by atoms with Crippen molar-refractivity contribution >= 4 is 39.7 Å². The molecule has 0 aliphatic carbocycles. The first kappa shape index (κ1) is 20.4. The van der Waals surface area contributed by atoms with Crippen LogP contribution in [0.2, 0.25) is 0 Å². The lowest BCUT2D eigenvalue weighted by Gasteiger charge is -2.09. The summed E-state index contributed by atoms with van der Waals surface area (Å²) in [6.45, 7) is 4.48. The minimum atomic E-state index is -3.41. The van der Waals surface area contributed by atoms with Gasteiger partial charge < -0.3 is 10.6 Å². The number of thiophene rings is 1. The van der Waals surface area contributed by atoms with Crippen LogP contribution in [0.4, 0.5) is 0 Å². The van der Waals surface area contributed by atoms with E-state index < -0.39 is 10.0 Å². The summed E-state index contributed by atoms with van der Waals surface area (Å²) in [5, 5.41) is 5.98. The van der Waals surface area contributed by atoms with Crippen LogP contribution in [0.25, 0.3) is 0 Å². The lowest BCUT2D eigenvalue weighted by molar-refractivity contribution is -0.118. The van der Waals surface area contributed by atoms with Gasteiger partial charge in [0.1, 0.15) is 4.21 Å². The highest BCUT2D eigenvalue weighted by Gasteiger charge is 2.19. The van der Waals surface area contributed by atoms with E-state index in [4.69, 9.17) is 0 Å². The molecule has 1 fully saturated rings. The number of amides is 1. The third-order valence-corrected chi connectivity index (χ3v) is 6.75. The molecule has 3 N–H and O–H groups in total. The quantitative estimate of drug-likeness (QED) is 0.629. The van der Waals surface area contributed by atoms with Gasteiger partial charge in [0.2, 0.25) is 15.9 Å². The number of carbonyl (C=O) groups excluding carboxylic acids is 1. The Morgan fingerprint density at radius 3 is 2.83 bits per heavy atom. The van der Waals surface area contributed by atoms with E-state index in [0.29, 0.717) is 29.6 Å². The predicted molar refractivity (Wildman–Crippen MR) is 94.7 cm³/mol. The van der Waals surface area contributed by atoms with Gasteiger partial charge in [-0.05, 0) is 50.4 Å². The summed E-state index contributed by atoms with van der Waals surface area (Å²) >= 11 is 1.26. The van der Waals surface area contributed by atoms with Gasteiger partial charge in [0.15, 0.2) is 0 Å². The van der Waals surface area contributed by atoms with Crippen LogP contribution in [0, 0.1) is 5.92 Å². The molecule has 0 saturated carbocycles. The molecule has 0 bridgehead atoms. The van der Waals surface area contributed by atoms with Crippen molar-refractivity contribution in [2.24, 2.45) is 5.92 Å². The van der Waals surface area contributed by atoms with Crippen molar-refractivity contribution in [3.05, 3.63) is 17.0 Å². The molecule has 1 saturated heterocycles. The number of carbonyl (C=O) groups is 1. The fourth-order valence-corrected chi connectivity index (χ4v) is 4.88. The second-order valence-corrected chi connectivity index (χ2v) is 8.66. The highest BCUT2D eigenvalue weighted by molar-refractivity contribution is 7.91. The van der Waals surface area contributed by atoms with E-state index in [-0.39, 0.29) is 18.3 Å². The van der Waals surface area contributed by atoms with Crippen LogP contribution in [0.5, 0.6) is 0 Å². The van der Waals surface area contributed by atoms with Gasteiger partial charge in [-0.25, -0.2) is 13.1 Å². The molecule has 0 radical (unpaired) electrons. The second-order valence-electron chi connectivity index (χ2n) is 5.50. The second kappa shape index (κ2) is 9.58. The molecular formula is C14H24ClN3O3S2. The fourth-order valence-electron chi connectivity index (χ4n) is 2.43. The van der Waals surface area contributed by atoms with Crippen molar-refractivity contribution in [1.29, 1.82) is 0 Å². The summed E-state index contributed by atoms with van der Waals surface area (Å²) in [6, 6.07) is 3.44. The molecule has 132 valence electrons. The van der Waals surface area contributed by atoms with E-state index in [2.05, 4.69) is 15.4 Å². The predicted octanol–water partition coefficient (Wildman–Crippen LogP) is 1.13. The molecular weight excluding hydrogens is 358 g/mol. The normalized spacial score (nSPS) is 17.7. The van der Waals surface area contributed by atoms with Gasteiger partial charge in [-0.1, -0.05) is 0 Å². The van der Waals surface area contributed by atoms with E-state index in [1.807, 2.05) is 6.07 Å². The number of hydrogen-bond acceptors (Lipinski definition) is 5. The maximum atomic E-state index is 12.2. The number of hydrogen-bond donors (Lipinski definition) is 3. The van der Waals surface area contributed by atoms with E-state index in [0.717, 1.165) is 30.8 Å². The molecule has 1 aliphatic heterocycles. The lowest BCUT2D eigenvalue weighted by atomic mass is 10.1. The highest BCUT2D eigenvalue weighted by Crippen LogP contribution is 2.22. The highest BCUT2D eigenvalue weighted by atomic mass is 35.5. The largest absolute Gasteiger partial charge is 0.356 e. The first-order valence-corrected chi connectivity index (χ1v) is 9.81. The van der Waals surface area contributed by atoms with Crippen LogP contribution in [0.1, 0.15) is 24.6 Å². The topological polar surface area (TPSA) is 87.3 Å². The Balaban J connectivity index is 0.00000264. The molecule has 1 aromatic heterocycles. The Kier molecular flexibility index (Phi) is 8.49. The Labute approximate surface area is 147 Å². The van der Waals surface area contributed by atoms with E-state index in [9.17, 15) is 13.2 Å². The Morgan fingerprint density at radius 2 is 2.17 bits per heavy atom. The minimum Gasteiger partial charge on any atom is -0.356 e. The van der Waals surface area contributed by atoms with Crippen molar-refractivity contribution in [3.8, 4) is 0 Å². The third kappa shape index (κ3) is 6.76. The minimum absolute atomic E-state index is 0. The zero-order valence-electron chi connectivity index (χ0n) is 13.1. The van der Waals surface area contributed by atoms with Gasteiger partial charge in [-0.2, -0.15) is 0 Å². The summed E-state index contributed by atoms with van der Waals surface area (Å²) < 4.78 is 27.4. The molecule has 2 heterocycles. The fraction of sp³-hybridized carbons (Fsp3) is 0.643. The molecule has 0 spiro atoms. The van der Waals surface area contributed by atoms with Gasteiger partial charge in [-0.3, -0.25) is 4.79 Å². The van der Waals surface area contributed by atoms with E-state index in [1.54, 1.807) is 6.07 Å². The van der Waals surface area contributed by atoms with Gasteiger partial charge in [0.05, 0.1) is 0 Å². The van der Waals surface area contributed by atoms with Crippen molar-refractivity contribution < 1.29 is 13.2 Å². The van der Waals surface area contributed by atoms with Crippen LogP contribution in [0.3, 0.4) is 0 Å². The smallest absolute Gasteiger partial charge is 0.250 e. The van der Waals surface area contributed by atoms with Gasteiger partial charge >= 0.3 is 0 Å². The molecule has 9 heteroatoms. The summed E-state index contributed by atoms with van der Waals surface area (Å²) in [5.41, 5.74) is 0. The van der Waals surface area contributed by atoms with Crippen LogP contribution in [0.15, 0.2) is 16.3 Å². The first-order valence-electron chi connectivity index (χ1n) is 7.51. The molecule has 23 heavy (non-hydrogen) atoms. The zero-order chi connectivity index (χ0) is 16.0. The van der Waals surface area contributed by atoms with E-state index >= 15 is 0 Å². The van der Waals surface area contributed by atoms with Crippen LogP contribution < -0.4 is 15.4 Å². The summed E-state index contributed by atoms with van der Waals surface area (Å²) in [7, 11) is -3.41. The van der Waals surface area contributed by atoms with E-state index in [1.165, 1.54) is 18.3 Å². The molecule has 1 aromatic rings.